The molecule has 0 aromatic carbocycles. The summed E-state index contributed by atoms with van der Waals surface area (Å²) >= 11 is 2.05. The van der Waals surface area contributed by atoms with Crippen LogP contribution >= 0.6 is 11.8 Å². The van der Waals surface area contributed by atoms with Gasteiger partial charge in [-0.3, -0.25) is 0 Å². The molecular formula is C16H32OS. The third-order valence-corrected chi connectivity index (χ3v) is 5.20. The van der Waals surface area contributed by atoms with Crippen molar-refractivity contribution < 1.29 is 4.74 Å². The minimum absolute atomic E-state index is 0.528. The summed E-state index contributed by atoms with van der Waals surface area (Å²) in [5, 5.41) is 0. The number of unbranched alkanes of at least 4 members (excludes halogenated alkanes) is 1. The van der Waals surface area contributed by atoms with Crippen LogP contribution in [0, 0.1) is 17.8 Å². The van der Waals surface area contributed by atoms with Crippen LogP contribution in [0.15, 0.2) is 0 Å². The summed E-state index contributed by atoms with van der Waals surface area (Å²) < 4.78 is 6.19. The molecule has 0 spiro atoms. The van der Waals surface area contributed by atoms with E-state index < -0.39 is 0 Å². The Morgan fingerprint density at radius 2 is 2.00 bits per heavy atom. The van der Waals surface area contributed by atoms with E-state index in [1.54, 1.807) is 0 Å². The smallest absolute Gasteiger partial charge is 0.0608 e. The first-order valence-corrected chi connectivity index (χ1v) is 9.00. The standard InChI is InChI=1S/C16H32OS/c1-5-6-10-18-11-9-17-16-12-14(4)7-8-15(16)13(2)3/h13-16H,5-12H2,1-4H3. The minimum atomic E-state index is 0.528. The molecule has 1 nitrogen and oxygen atoms in total. The van der Waals surface area contributed by atoms with Gasteiger partial charge in [-0.15, -0.1) is 0 Å². The van der Waals surface area contributed by atoms with Gasteiger partial charge in [0, 0.05) is 5.75 Å². The molecular weight excluding hydrogens is 240 g/mol. The highest BCUT2D eigenvalue weighted by atomic mass is 32.2. The maximum Gasteiger partial charge on any atom is 0.0608 e. The largest absolute Gasteiger partial charge is 0.377 e. The second-order valence-electron chi connectivity index (χ2n) is 6.20. The molecule has 0 saturated heterocycles. The van der Waals surface area contributed by atoms with Crippen molar-refractivity contribution in [3.8, 4) is 0 Å². The second-order valence-corrected chi connectivity index (χ2v) is 7.43. The molecule has 3 unspecified atom stereocenters. The summed E-state index contributed by atoms with van der Waals surface area (Å²) in [6.45, 7) is 10.3. The number of thioether (sulfide) groups is 1. The van der Waals surface area contributed by atoms with E-state index in [0.717, 1.165) is 24.4 Å². The lowest BCUT2D eigenvalue weighted by Crippen LogP contribution is -2.34. The lowest BCUT2D eigenvalue weighted by atomic mass is 9.75. The number of hydrogen-bond acceptors (Lipinski definition) is 2. The first-order chi connectivity index (χ1) is 8.65. The predicted octanol–water partition coefficient (Wildman–Crippen LogP) is 5.00. The molecule has 1 saturated carbocycles. The van der Waals surface area contributed by atoms with E-state index in [2.05, 4.69) is 39.5 Å². The molecule has 0 N–H and O–H groups in total. The monoisotopic (exact) mass is 272 g/mol. The van der Waals surface area contributed by atoms with E-state index in [9.17, 15) is 0 Å². The van der Waals surface area contributed by atoms with Gasteiger partial charge in [0.1, 0.15) is 0 Å². The van der Waals surface area contributed by atoms with E-state index in [4.69, 9.17) is 4.74 Å². The highest BCUT2D eigenvalue weighted by Gasteiger charge is 2.31. The zero-order valence-electron chi connectivity index (χ0n) is 12.8. The average molecular weight is 272 g/mol. The molecule has 0 radical (unpaired) electrons. The van der Waals surface area contributed by atoms with Gasteiger partial charge in [0.2, 0.25) is 0 Å². The second kappa shape index (κ2) is 9.25. The van der Waals surface area contributed by atoms with E-state index in [0.29, 0.717) is 6.10 Å². The minimum Gasteiger partial charge on any atom is -0.377 e. The van der Waals surface area contributed by atoms with Gasteiger partial charge in [0.25, 0.3) is 0 Å². The lowest BCUT2D eigenvalue weighted by Gasteiger charge is -2.37. The van der Waals surface area contributed by atoms with Crippen molar-refractivity contribution in [3.05, 3.63) is 0 Å². The van der Waals surface area contributed by atoms with Crippen LogP contribution in [-0.2, 0) is 4.74 Å². The molecule has 1 rings (SSSR count). The first kappa shape index (κ1) is 16.4. The van der Waals surface area contributed by atoms with Crippen molar-refractivity contribution in [2.45, 2.75) is 65.9 Å². The molecule has 0 heterocycles. The Balaban J connectivity index is 2.20. The highest BCUT2D eigenvalue weighted by molar-refractivity contribution is 7.99. The molecule has 0 amide bonds. The maximum absolute atomic E-state index is 6.19. The predicted molar refractivity (Wildman–Crippen MR) is 83.3 cm³/mol. The van der Waals surface area contributed by atoms with Gasteiger partial charge in [-0.1, -0.05) is 40.5 Å². The molecule has 0 bridgehead atoms. The third-order valence-electron chi connectivity index (χ3n) is 4.16. The quantitative estimate of drug-likeness (QED) is 0.575. The van der Waals surface area contributed by atoms with Crippen molar-refractivity contribution in [1.82, 2.24) is 0 Å². The van der Waals surface area contributed by atoms with Crippen LogP contribution in [0.4, 0.5) is 0 Å². The molecule has 108 valence electrons. The average Bonchev–Trinajstić information content (AvgIpc) is 2.33. The Morgan fingerprint density at radius 3 is 2.67 bits per heavy atom. The zero-order valence-corrected chi connectivity index (χ0v) is 13.6. The molecule has 18 heavy (non-hydrogen) atoms. The fraction of sp³-hybridized carbons (Fsp3) is 1.00. The van der Waals surface area contributed by atoms with Crippen molar-refractivity contribution in [2.24, 2.45) is 17.8 Å². The van der Waals surface area contributed by atoms with Gasteiger partial charge in [-0.05, 0) is 42.8 Å². The van der Waals surface area contributed by atoms with Gasteiger partial charge in [-0.2, -0.15) is 11.8 Å². The molecule has 1 aliphatic rings. The van der Waals surface area contributed by atoms with E-state index in [-0.39, 0.29) is 0 Å². The zero-order chi connectivity index (χ0) is 13.4. The van der Waals surface area contributed by atoms with E-state index >= 15 is 0 Å². The van der Waals surface area contributed by atoms with Crippen LogP contribution in [0.3, 0.4) is 0 Å². The molecule has 2 heteroatoms. The van der Waals surface area contributed by atoms with E-state index in [1.807, 2.05) is 0 Å². The molecule has 0 aromatic rings. The van der Waals surface area contributed by atoms with Crippen LogP contribution in [0.5, 0.6) is 0 Å². The number of rotatable bonds is 8. The van der Waals surface area contributed by atoms with Crippen LogP contribution in [0.2, 0.25) is 0 Å². The van der Waals surface area contributed by atoms with Crippen LogP contribution < -0.4 is 0 Å². The number of ether oxygens (including phenoxy) is 1. The fourth-order valence-corrected chi connectivity index (χ4v) is 3.82. The summed E-state index contributed by atoms with van der Waals surface area (Å²) in [4.78, 5) is 0. The van der Waals surface area contributed by atoms with Gasteiger partial charge in [0.05, 0.1) is 12.7 Å². The SMILES string of the molecule is CCCCSCCOC1CC(C)CCC1C(C)C. The van der Waals surface area contributed by atoms with Crippen molar-refractivity contribution >= 4 is 11.8 Å². The van der Waals surface area contributed by atoms with Crippen molar-refractivity contribution in [2.75, 3.05) is 18.1 Å². The maximum atomic E-state index is 6.19. The number of hydrogen-bond donors (Lipinski definition) is 0. The topological polar surface area (TPSA) is 9.23 Å². The van der Waals surface area contributed by atoms with Gasteiger partial charge >= 0.3 is 0 Å². The Kier molecular flexibility index (Phi) is 8.41. The van der Waals surface area contributed by atoms with E-state index in [1.165, 1.54) is 43.6 Å². The van der Waals surface area contributed by atoms with Gasteiger partial charge in [0.15, 0.2) is 0 Å². The molecule has 1 aliphatic carbocycles. The normalized spacial score (nSPS) is 28.8. The Hall–Kier alpha value is 0.310. The molecule has 1 fully saturated rings. The van der Waals surface area contributed by atoms with Gasteiger partial charge in [-0.25, -0.2) is 0 Å². The summed E-state index contributed by atoms with van der Waals surface area (Å²) in [5.74, 6) is 4.90. The Morgan fingerprint density at radius 1 is 1.22 bits per heavy atom. The molecule has 0 aromatic heterocycles. The summed E-state index contributed by atoms with van der Waals surface area (Å²) in [5.41, 5.74) is 0. The van der Waals surface area contributed by atoms with Crippen LogP contribution in [-0.4, -0.2) is 24.2 Å². The van der Waals surface area contributed by atoms with Crippen molar-refractivity contribution in [1.29, 1.82) is 0 Å². The lowest BCUT2D eigenvalue weighted by molar-refractivity contribution is -0.0316. The highest BCUT2D eigenvalue weighted by Crippen LogP contribution is 2.35. The summed E-state index contributed by atoms with van der Waals surface area (Å²) in [6.07, 6.45) is 7.23. The fourth-order valence-electron chi connectivity index (χ4n) is 2.91. The Labute approximate surface area is 118 Å². The molecule has 0 aliphatic heterocycles. The third kappa shape index (κ3) is 5.97. The van der Waals surface area contributed by atoms with Crippen molar-refractivity contribution in [3.63, 3.8) is 0 Å². The van der Waals surface area contributed by atoms with Gasteiger partial charge < -0.3 is 4.74 Å². The van der Waals surface area contributed by atoms with Crippen LogP contribution in [0.25, 0.3) is 0 Å². The Bertz CT molecular complexity index is 205. The molecule has 3 atom stereocenters. The first-order valence-electron chi connectivity index (χ1n) is 7.84. The summed E-state index contributed by atoms with van der Waals surface area (Å²) in [7, 11) is 0. The summed E-state index contributed by atoms with van der Waals surface area (Å²) in [6, 6.07) is 0. The van der Waals surface area contributed by atoms with Crippen LogP contribution in [0.1, 0.15) is 59.8 Å².